The van der Waals surface area contributed by atoms with Crippen LogP contribution in [0.3, 0.4) is 0 Å². The maximum absolute atomic E-state index is 12.4. The third-order valence-electron chi connectivity index (χ3n) is 5.59. The van der Waals surface area contributed by atoms with Crippen molar-refractivity contribution in [2.75, 3.05) is 32.1 Å². The number of ether oxygens (including phenoxy) is 2. The van der Waals surface area contributed by atoms with Crippen LogP contribution in [0.4, 0.5) is 10.6 Å². The highest BCUT2D eigenvalue weighted by molar-refractivity contribution is 5.88. The third-order valence-corrected chi connectivity index (χ3v) is 5.59. The zero-order chi connectivity index (χ0) is 22.9. The number of aromatic nitrogens is 2. The molecule has 1 aromatic heterocycles. The lowest BCUT2D eigenvalue weighted by molar-refractivity contribution is 0.0576. The molecular formula is C26H28N4O3. The van der Waals surface area contributed by atoms with Crippen LogP contribution in [0, 0.1) is 0 Å². The summed E-state index contributed by atoms with van der Waals surface area (Å²) in [6.07, 6.45) is 5.31. The molecule has 0 radical (unpaired) electrons. The van der Waals surface area contributed by atoms with Crippen molar-refractivity contribution in [2.45, 2.75) is 18.9 Å². The molecule has 2 aromatic carbocycles. The minimum atomic E-state index is -0.143. The van der Waals surface area contributed by atoms with Gasteiger partial charge in [0.2, 0.25) is 0 Å². The van der Waals surface area contributed by atoms with Crippen LogP contribution in [0.25, 0.3) is 6.08 Å². The Hall–Kier alpha value is -3.71. The van der Waals surface area contributed by atoms with E-state index < -0.39 is 0 Å². The molecular weight excluding hydrogens is 416 g/mol. The van der Waals surface area contributed by atoms with Gasteiger partial charge in [0, 0.05) is 26.4 Å². The zero-order valence-electron chi connectivity index (χ0n) is 18.7. The number of rotatable bonds is 7. The highest BCUT2D eigenvalue weighted by Crippen LogP contribution is 2.24. The molecule has 7 heteroatoms. The number of carbonyl (C=O) groups is 1. The van der Waals surface area contributed by atoms with Crippen molar-refractivity contribution < 1.29 is 14.3 Å². The Morgan fingerprint density at radius 3 is 2.64 bits per heavy atom. The largest absolute Gasteiger partial charge is 0.490 e. The van der Waals surface area contributed by atoms with Gasteiger partial charge in [0.1, 0.15) is 18.5 Å². The molecule has 33 heavy (non-hydrogen) atoms. The average Bonchev–Trinajstić information content (AvgIpc) is 2.86. The highest BCUT2D eigenvalue weighted by Gasteiger charge is 2.19. The Morgan fingerprint density at radius 1 is 1.09 bits per heavy atom. The number of carbonyl (C=O) groups excluding carboxylic acids is 1. The fourth-order valence-corrected chi connectivity index (χ4v) is 3.77. The van der Waals surface area contributed by atoms with Gasteiger partial charge in [0.05, 0.1) is 0 Å². The second-order valence-corrected chi connectivity index (χ2v) is 7.85. The topological polar surface area (TPSA) is 76.6 Å². The molecule has 1 N–H and O–H groups in total. The standard InChI is InChI=1S/C26H28N4O3/c1-32-24(22-8-3-2-4-9-22)19-33-23-10-5-7-21(18-23)17-20-12-15-30(16-13-20)26(31)28-25-11-6-14-27-29-25/h2-11,14,17-18,24H,12-13,15-16,19H2,1H3,(H,28,29,31)/t24-/m0/s1. The van der Waals surface area contributed by atoms with E-state index >= 15 is 0 Å². The number of benzene rings is 2. The lowest BCUT2D eigenvalue weighted by atomic mass is 10.0. The van der Waals surface area contributed by atoms with Gasteiger partial charge in [-0.25, -0.2) is 4.79 Å². The van der Waals surface area contributed by atoms with Crippen molar-refractivity contribution in [3.05, 3.63) is 89.6 Å². The summed E-state index contributed by atoms with van der Waals surface area (Å²) in [5.41, 5.74) is 3.50. The predicted molar refractivity (Wildman–Crippen MR) is 128 cm³/mol. The average molecular weight is 445 g/mol. The first-order valence-corrected chi connectivity index (χ1v) is 11.0. The Labute approximate surface area is 194 Å². The molecule has 170 valence electrons. The van der Waals surface area contributed by atoms with Crippen molar-refractivity contribution in [1.29, 1.82) is 0 Å². The SMILES string of the molecule is CO[C@@H](COc1cccc(C=C2CCN(C(=O)Nc3cccnn3)CC2)c1)c1ccccc1. The number of piperidine rings is 1. The summed E-state index contributed by atoms with van der Waals surface area (Å²) in [6, 6.07) is 21.5. The molecule has 2 heterocycles. The first-order chi connectivity index (χ1) is 16.2. The van der Waals surface area contributed by atoms with Gasteiger partial charge in [-0.2, -0.15) is 5.10 Å². The fourth-order valence-electron chi connectivity index (χ4n) is 3.77. The van der Waals surface area contributed by atoms with E-state index in [1.54, 1.807) is 30.3 Å². The molecule has 1 aliphatic heterocycles. The van der Waals surface area contributed by atoms with Crippen molar-refractivity contribution in [3.63, 3.8) is 0 Å². The second-order valence-electron chi connectivity index (χ2n) is 7.85. The molecule has 3 aromatic rings. The summed E-state index contributed by atoms with van der Waals surface area (Å²) < 4.78 is 11.6. The smallest absolute Gasteiger partial charge is 0.323 e. The van der Waals surface area contributed by atoms with E-state index in [4.69, 9.17) is 9.47 Å². The third kappa shape index (κ3) is 6.40. The van der Waals surface area contributed by atoms with Gasteiger partial charge in [-0.3, -0.25) is 5.32 Å². The van der Waals surface area contributed by atoms with E-state index in [0.29, 0.717) is 25.5 Å². The lowest BCUT2D eigenvalue weighted by Gasteiger charge is -2.28. The molecule has 1 aliphatic rings. The van der Waals surface area contributed by atoms with Gasteiger partial charge >= 0.3 is 6.03 Å². The van der Waals surface area contributed by atoms with Crippen LogP contribution in [-0.4, -0.2) is 47.9 Å². The molecule has 4 rings (SSSR count). The predicted octanol–water partition coefficient (Wildman–Crippen LogP) is 4.95. The molecule has 2 amide bonds. The zero-order valence-corrected chi connectivity index (χ0v) is 18.7. The fraction of sp³-hybridized carbons (Fsp3) is 0.269. The number of nitrogens with one attached hydrogen (secondary N) is 1. The molecule has 1 atom stereocenters. The van der Waals surface area contributed by atoms with Crippen molar-refractivity contribution >= 4 is 17.9 Å². The minimum absolute atomic E-state index is 0.120. The van der Waals surface area contributed by atoms with Gasteiger partial charge in [0.25, 0.3) is 0 Å². The Balaban J connectivity index is 1.31. The van der Waals surface area contributed by atoms with E-state index in [9.17, 15) is 4.79 Å². The summed E-state index contributed by atoms with van der Waals surface area (Å²) >= 11 is 0. The number of methoxy groups -OCH3 is 1. The summed E-state index contributed by atoms with van der Waals surface area (Å²) in [6.45, 7) is 1.78. The number of urea groups is 1. The second kappa shape index (κ2) is 11.2. The number of hydrogen-bond donors (Lipinski definition) is 1. The van der Waals surface area contributed by atoms with Crippen molar-refractivity contribution in [1.82, 2.24) is 15.1 Å². The van der Waals surface area contributed by atoms with E-state index in [1.807, 2.05) is 48.5 Å². The van der Waals surface area contributed by atoms with E-state index in [-0.39, 0.29) is 12.1 Å². The van der Waals surface area contributed by atoms with Gasteiger partial charge in [0.15, 0.2) is 5.82 Å². The molecule has 0 aliphatic carbocycles. The van der Waals surface area contributed by atoms with Gasteiger partial charge in [-0.15, -0.1) is 5.10 Å². The normalized spacial score (nSPS) is 14.5. The first kappa shape index (κ1) is 22.5. The number of nitrogens with zero attached hydrogens (tertiary/aromatic N) is 3. The first-order valence-electron chi connectivity index (χ1n) is 11.0. The van der Waals surface area contributed by atoms with E-state index in [0.717, 1.165) is 29.7 Å². The van der Waals surface area contributed by atoms with E-state index in [2.05, 4.69) is 27.7 Å². The highest BCUT2D eigenvalue weighted by atomic mass is 16.5. The summed E-state index contributed by atoms with van der Waals surface area (Å²) in [7, 11) is 1.70. The Morgan fingerprint density at radius 2 is 1.91 bits per heavy atom. The van der Waals surface area contributed by atoms with Gasteiger partial charge < -0.3 is 14.4 Å². The Kier molecular flexibility index (Phi) is 7.66. The Bertz CT molecular complexity index is 1060. The van der Waals surface area contributed by atoms with E-state index in [1.165, 1.54) is 5.57 Å². The van der Waals surface area contributed by atoms with Crippen molar-refractivity contribution in [2.24, 2.45) is 0 Å². The maximum Gasteiger partial charge on any atom is 0.323 e. The number of amides is 2. The van der Waals surface area contributed by atoms with Crippen LogP contribution >= 0.6 is 0 Å². The number of hydrogen-bond acceptors (Lipinski definition) is 5. The van der Waals surface area contributed by atoms with Gasteiger partial charge in [-0.1, -0.05) is 54.1 Å². The molecule has 1 saturated heterocycles. The quantitative estimate of drug-likeness (QED) is 0.558. The molecule has 0 unspecified atom stereocenters. The summed E-state index contributed by atoms with van der Waals surface area (Å²) in [5, 5.41) is 10.5. The van der Waals surface area contributed by atoms with Crippen LogP contribution in [0.2, 0.25) is 0 Å². The molecule has 7 nitrogen and oxygen atoms in total. The summed E-state index contributed by atoms with van der Waals surface area (Å²) in [4.78, 5) is 14.2. The van der Waals surface area contributed by atoms with Crippen LogP contribution in [0.15, 0.2) is 78.5 Å². The van der Waals surface area contributed by atoms with Crippen LogP contribution in [0.1, 0.15) is 30.1 Å². The number of anilines is 1. The molecule has 0 bridgehead atoms. The lowest BCUT2D eigenvalue weighted by Crippen LogP contribution is -2.39. The van der Waals surface area contributed by atoms with Crippen LogP contribution in [0.5, 0.6) is 5.75 Å². The van der Waals surface area contributed by atoms with Gasteiger partial charge in [-0.05, 0) is 48.2 Å². The molecule has 0 saturated carbocycles. The molecule has 0 spiro atoms. The monoisotopic (exact) mass is 444 g/mol. The van der Waals surface area contributed by atoms with Crippen LogP contribution < -0.4 is 10.1 Å². The molecule has 1 fully saturated rings. The minimum Gasteiger partial charge on any atom is -0.490 e. The maximum atomic E-state index is 12.4. The summed E-state index contributed by atoms with van der Waals surface area (Å²) in [5.74, 6) is 1.27. The number of likely N-dealkylation sites (tertiary alicyclic amines) is 1. The van der Waals surface area contributed by atoms with Crippen LogP contribution in [-0.2, 0) is 4.74 Å². The van der Waals surface area contributed by atoms with Crippen molar-refractivity contribution in [3.8, 4) is 5.75 Å².